The molecule has 0 spiro atoms. The predicted molar refractivity (Wildman–Crippen MR) is 71.3 cm³/mol. The number of carbonyl (C=O) groups excluding carboxylic acids is 1. The number of carbonyl (C=O) groups is 1. The van der Waals surface area contributed by atoms with Crippen molar-refractivity contribution in [1.29, 1.82) is 0 Å². The van der Waals surface area contributed by atoms with Gasteiger partial charge >= 0.3 is 5.97 Å². The van der Waals surface area contributed by atoms with Crippen LogP contribution < -0.4 is 5.32 Å². The number of rotatable bonds is 7. The molecule has 1 aliphatic carbocycles. The van der Waals surface area contributed by atoms with Crippen LogP contribution in [0.15, 0.2) is 18.2 Å². The summed E-state index contributed by atoms with van der Waals surface area (Å²) < 4.78 is 31.8. The zero-order valence-corrected chi connectivity index (χ0v) is 11.5. The quantitative estimate of drug-likeness (QED) is 0.782. The van der Waals surface area contributed by atoms with Crippen molar-refractivity contribution in [3.63, 3.8) is 0 Å². The summed E-state index contributed by atoms with van der Waals surface area (Å²) in [6, 6.07) is 3.54. The van der Waals surface area contributed by atoms with E-state index >= 15 is 0 Å². The molecule has 0 saturated heterocycles. The molecule has 110 valence electrons. The van der Waals surface area contributed by atoms with Gasteiger partial charge in [-0.25, -0.2) is 8.78 Å². The van der Waals surface area contributed by atoms with Gasteiger partial charge in [-0.2, -0.15) is 0 Å². The molecule has 20 heavy (non-hydrogen) atoms. The first-order chi connectivity index (χ1) is 9.58. The summed E-state index contributed by atoms with van der Waals surface area (Å²) in [7, 11) is 0. The topological polar surface area (TPSA) is 38.3 Å². The van der Waals surface area contributed by atoms with Gasteiger partial charge in [0.1, 0.15) is 11.6 Å². The van der Waals surface area contributed by atoms with Crippen LogP contribution in [0.1, 0.15) is 31.7 Å². The number of ether oxygens (including phenoxy) is 1. The standard InChI is InChI=1S/C15H19F2NO2/c1-2-20-15(19)9-13(18-12-4-5-12)8-10-7-11(16)3-6-14(10)17/h3,6-7,12-13,18H,2,4-5,8-9H2,1H3. The molecule has 1 aromatic rings. The Hall–Kier alpha value is -1.49. The number of esters is 1. The number of hydrogen-bond donors (Lipinski definition) is 1. The summed E-state index contributed by atoms with van der Waals surface area (Å²) in [4.78, 5) is 11.6. The van der Waals surface area contributed by atoms with Gasteiger partial charge in [-0.3, -0.25) is 4.79 Å². The van der Waals surface area contributed by atoms with Gasteiger partial charge in [0.15, 0.2) is 0 Å². The second kappa shape index (κ2) is 6.79. The molecular weight excluding hydrogens is 264 g/mol. The van der Waals surface area contributed by atoms with Gasteiger partial charge in [0.25, 0.3) is 0 Å². The summed E-state index contributed by atoms with van der Waals surface area (Å²) in [6.07, 6.45) is 2.56. The minimum atomic E-state index is -0.470. The highest BCUT2D eigenvalue weighted by Crippen LogP contribution is 2.22. The van der Waals surface area contributed by atoms with Gasteiger partial charge in [0, 0.05) is 12.1 Å². The molecule has 1 saturated carbocycles. The second-order valence-electron chi connectivity index (χ2n) is 5.09. The number of hydrogen-bond acceptors (Lipinski definition) is 3. The third-order valence-electron chi connectivity index (χ3n) is 3.24. The lowest BCUT2D eigenvalue weighted by Crippen LogP contribution is -2.35. The first-order valence-corrected chi connectivity index (χ1v) is 6.94. The maximum absolute atomic E-state index is 13.7. The normalized spacial score (nSPS) is 15.9. The fourth-order valence-electron chi connectivity index (χ4n) is 2.16. The summed E-state index contributed by atoms with van der Waals surface area (Å²) in [6.45, 7) is 2.07. The van der Waals surface area contributed by atoms with E-state index in [1.807, 2.05) is 0 Å². The van der Waals surface area contributed by atoms with Gasteiger partial charge in [0.05, 0.1) is 13.0 Å². The molecule has 5 heteroatoms. The SMILES string of the molecule is CCOC(=O)CC(Cc1cc(F)ccc1F)NC1CC1. The van der Waals surface area contributed by atoms with E-state index in [2.05, 4.69) is 5.32 Å². The van der Waals surface area contributed by atoms with Crippen molar-refractivity contribution < 1.29 is 18.3 Å². The van der Waals surface area contributed by atoms with Crippen LogP contribution in [0.25, 0.3) is 0 Å². The summed E-state index contributed by atoms with van der Waals surface area (Å²) in [5.74, 6) is -1.23. The monoisotopic (exact) mass is 283 g/mol. The average molecular weight is 283 g/mol. The first-order valence-electron chi connectivity index (χ1n) is 6.94. The van der Waals surface area contributed by atoms with Crippen LogP contribution in [-0.2, 0) is 16.0 Å². The summed E-state index contributed by atoms with van der Waals surface area (Å²) in [5.41, 5.74) is 0.285. The van der Waals surface area contributed by atoms with Crippen LogP contribution in [0.3, 0.4) is 0 Å². The molecular formula is C15H19F2NO2. The highest BCUT2D eigenvalue weighted by molar-refractivity contribution is 5.70. The van der Waals surface area contributed by atoms with E-state index in [-0.39, 0.29) is 30.4 Å². The lowest BCUT2D eigenvalue weighted by Gasteiger charge is -2.18. The predicted octanol–water partition coefficient (Wildman–Crippen LogP) is 2.58. The minimum absolute atomic E-state index is 0.167. The Morgan fingerprint density at radius 2 is 2.20 bits per heavy atom. The van der Waals surface area contributed by atoms with Gasteiger partial charge < -0.3 is 10.1 Å². The van der Waals surface area contributed by atoms with Crippen LogP contribution in [0.4, 0.5) is 8.78 Å². The van der Waals surface area contributed by atoms with Crippen LogP contribution in [0, 0.1) is 11.6 Å². The Morgan fingerprint density at radius 1 is 1.45 bits per heavy atom. The molecule has 0 amide bonds. The fraction of sp³-hybridized carbons (Fsp3) is 0.533. The number of nitrogens with one attached hydrogen (secondary N) is 1. The molecule has 1 fully saturated rings. The van der Waals surface area contributed by atoms with E-state index < -0.39 is 11.6 Å². The molecule has 1 atom stereocenters. The molecule has 0 aliphatic heterocycles. The van der Waals surface area contributed by atoms with Gasteiger partial charge in [-0.1, -0.05) is 0 Å². The minimum Gasteiger partial charge on any atom is -0.466 e. The van der Waals surface area contributed by atoms with Crippen molar-refractivity contribution in [1.82, 2.24) is 5.32 Å². The largest absolute Gasteiger partial charge is 0.466 e. The molecule has 1 aromatic carbocycles. The third kappa shape index (κ3) is 4.56. The molecule has 1 aliphatic rings. The number of benzene rings is 1. The fourth-order valence-corrected chi connectivity index (χ4v) is 2.16. The van der Waals surface area contributed by atoms with Crippen molar-refractivity contribution in [2.75, 3.05) is 6.61 Å². The van der Waals surface area contributed by atoms with Gasteiger partial charge in [-0.05, 0) is 49.9 Å². The first kappa shape index (κ1) is 14.9. The van der Waals surface area contributed by atoms with Crippen molar-refractivity contribution in [2.45, 2.75) is 44.7 Å². The Kier molecular flexibility index (Phi) is 5.06. The Morgan fingerprint density at radius 3 is 2.85 bits per heavy atom. The van der Waals surface area contributed by atoms with Crippen LogP contribution in [-0.4, -0.2) is 24.7 Å². The average Bonchev–Trinajstić information content (AvgIpc) is 3.18. The van der Waals surface area contributed by atoms with E-state index in [9.17, 15) is 13.6 Å². The maximum atomic E-state index is 13.7. The Bertz CT molecular complexity index is 475. The van der Waals surface area contributed by atoms with E-state index in [1.165, 1.54) is 6.07 Å². The van der Waals surface area contributed by atoms with Crippen molar-refractivity contribution in [3.05, 3.63) is 35.4 Å². The molecule has 0 bridgehead atoms. The molecule has 0 radical (unpaired) electrons. The Labute approximate surface area is 117 Å². The second-order valence-corrected chi connectivity index (χ2v) is 5.09. The van der Waals surface area contributed by atoms with Crippen LogP contribution >= 0.6 is 0 Å². The molecule has 3 nitrogen and oxygen atoms in total. The lowest BCUT2D eigenvalue weighted by atomic mass is 10.0. The van der Waals surface area contributed by atoms with Gasteiger partial charge in [-0.15, -0.1) is 0 Å². The van der Waals surface area contributed by atoms with E-state index in [1.54, 1.807) is 6.92 Å². The zero-order valence-electron chi connectivity index (χ0n) is 11.5. The summed E-state index contributed by atoms with van der Waals surface area (Å²) in [5, 5.41) is 3.29. The van der Waals surface area contributed by atoms with E-state index in [0.29, 0.717) is 12.6 Å². The highest BCUT2D eigenvalue weighted by atomic mass is 19.1. The number of halogens is 2. The third-order valence-corrected chi connectivity index (χ3v) is 3.24. The van der Waals surface area contributed by atoms with Crippen molar-refractivity contribution >= 4 is 5.97 Å². The van der Waals surface area contributed by atoms with Gasteiger partial charge in [0.2, 0.25) is 0 Å². The smallest absolute Gasteiger partial charge is 0.307 e. The molecule has 2 rings (SSSR count). The van der Waals surface area contributed by atoms with E-state index in [0.717, 1.165) is 25.0 Å². The van der Waals surface area contributed by atoms with Crippen LogP contribution in [0.5, 0.6) is 0 Å². The van der Waals surface area contributed by atoms with Crippen molar-refractivity contribution in [2.24, 2.45) is 0 Å². The molecule has 1 N–H and O–H groups in total. The molecule has 0 heterocycles. The molecule has 0 aromatic heterocycles. The molecule has 1 unspecified atom stereocenters. The highest BCUT2D eigenvalue weighted by Gasteiger charge is 2.27. The van der Waals surface area contributed by atoms with Crippen molar-refractivity contribution in [3.8, 4) is 0 Å². The Balaban J connectivity index is 2.01. The maximum Gasteiger partial charge on any atom is 0.307 e. The zero-order chi connectivity index (χ0) is 14.5. The lowest BCUT2D eigenvalue weighted by molar-refractivity contribution is -0.143. The summed E-state index contributed by atoms with van der Waals surface area (Å²) >= 11 is 0. The van der Waals surface area contributed by atoms with Crippen LogP contribution in [0.2, 0.25) is 0 Å². The van der Waals surface area contributed by atoms with E-state index in [4.69, 9.17) is 4.74 Å².